The van der Waals surface area contributed by atoms with Crippen LogP contribution in [0, 0.1) is 0 Å². The third-order valence-electron chi connectivity index (χ3n) is 4.39. The molecule has 0 amide bonds. The Morgan fingerprint density at radius 2 is 1.83 bits per heavy atom. The molecule has 0 atom stereocenters. The van der Waals surface area contributed by atoms with E-state index in [2.05, 4.69) is 5.10 Å². The van der Waals surface area contributed by atoms with E-state index in [4.69, 9.17) is 22.3 Å². The van der Waals surface area contributed by atoms with E-state index < -0.39 is 0 Å². The highest BCUT2D eigenvalue weighted by atomic mass is 35.5. The molecule has 2 N–H and O–H groups in total. The molecule has 0 saturated heterocycles. The van der Waals surface area contributed by atoms with E-state index in [1.807, 2.05) is 54.6 Å². The van der Waals surface area contributed by atoms with Crippen LogP contribution in [0.3, 0.4) is 0 Å². The van der Waals surface area contributed by atoms with Crippen LogP contribution in [0.2, 0.25) is 5.02 Å². The third kappa shape index (κ3) is 3.95. The van der Waals surface area contributed by atoms with Crippen molar-refractivity contribution in [3.05, 3.63) is 112 Å². The number of nitrogens with two attached hydrogens (primary N) is 1. The van der Waals surface area contributed by atoms with Crippen LogP contribution >= 0.6 is 11.6 Å². The minimum Gasteiger partial charge on any atom is -0.405 e. The average molecular weight is 401 g/mol. The van der Waals surface area contributed by atoms with Crippen LogP contribution < -0.4 is 11.2 Å². The van der Waals surface area contributed by atoms with Crippen LogP contribution in [0.4, 0.5) is 5.69 Å². The van der Waals surface area contributed by atoms with Crippen molar-refractivity contribution >= 4 is 33.8 Å². The first-order valence-electron chi connectivity index (χ1n) is 8.97. The summed E-state index contributed by atoms with van der Waals surface area (Å²) in [5.41, 5.74) is 7.43. The molecule has 4 rings (SSSR count). The van der Waals surface area contributed by atoms with Crippen LogP contribution in [0.1, 0.15) is 5.69 Å². The van der Waals surface area contributed by atoms with Crippen molar-refractivity contribution in [3.63, 3.8) is 0 Å². The maximum absolute atomic E-state index is 12.6. The third-order valence-corrected chi connectivity index (χ3v) is 4.62. The summed E-state index contributed by atoms with van der Waals surface area (Å²) in [6.07, 6.45) is 4.52. The first-order chi connectivity index (χ1) is 14.2. The van der Waals surface area contributed by atoms with Crippen molar-refractivity contribution < 1.29 is 0 Å². The number of allylic oxidation sites excluding steroid dienone is 1. The van der Waals surface area contributed by atoms with Gasteiger partial charge in [0.15, 0.2) is 5.69 Å². The molecule has 1 aromatic heterocycles. The molecule has 0 bridgehead atoms. The van der Waals surface area contributed by atoms with Gasteiger partial charge in [0.2, 0.25) is 5.43 Å². The molecule has 4 aromatic rings. The number of hydrogen-bond acceptors (Lipinski definition) is 4. The lowest BCUT2D eigenvalue weighted by atomic mass is 10.1. The summed E-state index contributed by atoms with van der Waals surface area (Å²) in [5, 5.41) is 7.10. The molecule has 142 valence electrons. The molecule has 0 aliphatic heterocycles. The summed E-state index contributed by atoms with van der Waals surface area (Å²) in [5.74, 6) is 0. The van der Waals surface area contributed by atoms with Gasteiger partial charge in [0.1, 0.15) is 0 Å². The van der Waals surface area contributed by atoms with E-state index >= 15 is 0 Å². The monoisotopic (exact) mass is 400 g/mol. The maximum Gasteiger partial charge on any atom is 0.209 e. The predicted molar refractivity (Wildman–Crippen MR) is 118 cm³/mol. The van der Waals surface area contributed by atoms with Gasteiger partial charge in [-0.15, -0.1) is 0 Å². The highest BCUT2D eigenvalue weighted by Crippen LogP contribution is 2.26. The van der Waals surface area contributed by atoms with Gasteiger partial charge in [-0.1, -0.05) is 54.1 Å². The van der Waals surface area contributed by atoms with Crippen molar-refractivity contribution in [2.45, 2.75) is 0 Å². The molecular formula is C23H17ClN4O. The summed E-state index contributed by atoms with van der Waals surface area (Å²) in [6.45, 7) is 0. The normalized spacial score (nSPS) is 12.0. The number of fused-ring (bicyclic) bond motifs is 1. The molecule has 0 unspecified atom stereocenters. The standard InChI is InChI=1S/C23H17ClN4O/c24-17-7-4-8-18(15-17)28-14-12-22(29)23(27-28)21(11-13-25)26-20-10-3-6-16-5-1-2-9-19(16)20/h1-15H,25H2. The van der Waals surface area contributed by atoms with Crippen molar-refractivity contribution in [2.75, 3.05) is 0 Å². The van der Waals surface area contributed by atoms with Gasteiger partial charge >= 0.3 is 0 Å². The Bertz CT molecular complexity index is 1300. The number of halogens is 1. The molecule has 1 heterocycles. The van der Waals surface area contributed by atoms with Crippen LogP contribution in [-0.4, -0.2) is 15.5 Å². The number of benzene rings is 3. The van der Waals surface area contributed by atoms with E-state index in [-0.39, 0.29) is 11.1 Å². The Balaban J connectivity index is 1.89. The van der Waals surface area contributed by atoms with Gasteiger partial charge in [0.25, 0.3) is 0 Å². The minimum absolute atomic E-state index is 0.196. The van der Waals surface area contributed by atoms with Crippen LogP contribution in [0.5, 0.6) is 0 Å². The highest BCUT2D eigenvalue weighted by Gasteiger charge is 2.11. The summed E-state index contributed by atoms with van der Waals surface area (Å²) >= 11 is 6.09. The fraction of sp³-hybridized carbons (Fsp3) is 0. The summed E-state index contributed by atoms with van der Waals surface area (Å²) in [4.78, 5) is 17.3. The quantitative estimate of drug-likeness (QED) is 0.507. The van der Waals surface area contributed by atoms with Crippen LogP contribution in [-0.2, 0) is 0 Å². The Labute approximate surface area is 172 Å². The second kappa shape index (κ2) is 8.12. The van der Waals surface area contributed by atoms with E-state index in [0.29, 0.717) is 10.7 Å². The molecule has 0 saturated carbocycles. The van der Waals surface area contributed by atoms with Crippen molar-refractivity contribution in [1.82, 2.24) is 9.78 Å². The molecule has 5 nitrogen and oxygen atoms in total. The Morgan fingerprint density at radius 3 is 2.66 bits per heavy atom. The molecule has 0 fully saturated rings. The topological polar surface area (TPSA) is 73.3 Å². The molecule has 29 heavy (non-hydrogen) atoms. The van der Waals surface area contributed by atoms with Gasteiger partial charge in [-0.05, 0) is 41.9 Å². The zero-order chi connectivity index (χ0) is 20.2. The Hall–Kier alpha value is -3.70. The number of hydrogen-bond donors (Lipinski definition) is 1. The van der Waals surface area contributed by atoms with E-state index in [9.17, 15) is 4.79 Å². The van der Waals surface area contributed by atoms with E-state index in [1.54, 1.807) is 29.1 Å². The second-order valence-electron chi connectivity index (χ2n) is 6.31. The number of aliphatic imine (C=N–C) groups is 1. The van der Waals surface area contributed by atoms with Gasteiger partial charge in [-0.3, -0.25) is 4.79 Å². The smallest absolute Gasteiger partial charge is 0.209 e. The zero-order valence-corrected chi connectivity index (χ0v) is 16.1. The van der Waals surface area contributed by atoms with E-state index in [0.717, 1.165) is 22.1 Å². The van der Waals surface area contributed by atoms with Crippen LogP contribution in [0.25, 0.3) is 16.5 Å². The lowest BCUT2D eigenvalue weighted by molar-refractivity contribution is 0.829. The lowest BCUT2D eigenvalue weighted by Gasteiger charge is -2.09. The molecule has 0 spiro atoms. The first-order valence-corrected chi connectivity index (χ1v) is 9.34. The summed E-state index contributed by atoms with van der Waals surface area (Å²) in [7, 11) is 0. The van der Waals surface area contributed by atoms with Gasteiger partial charge in [-0.2, -0.15) is 5.10 Å². The molecule has 0 radical (unpaired) electrons. The highest BCUT2D eigenvalue weighted by molar-refractivity contribution is 6.30. The average Bonchev–Trinajstić information content (AvgIpc) is 2.74. The zero-order valence-electron chi connectivity index (χ0n) is 15.4. The fourth-order valence-corrected chi connectivity index (χ4v) is 3.23. The largest absolute Gasteiger partial charge is 0.405 e. The van der Waals surface area contributed by atoms with Crippen LogP contribution in [0.15, 0.2) is 101 Å². The molecule has 0 aliphatic rings. The van der Waals surface area contributed by atoms with Crippen molar-refractivity contribution in [1.29, 1.82) is 0 Å². The summed E-state index contributed by atoms with van der Waals surface area (Å²) in [6, 6.07) is 22.4. The van der Waals surface area contributed by atoms with E-state index in [1.165, 1.54) is 12.3 Å². The number of rotatable bonds is 4. The van der Waals surface area contributed by atoms with Gasteiger partial charge in [0, 0.05) is 22.7 Å². The Kier molecular flexibility index (Phi) is 5.22. The minimum atomic E-state index is -0.250. The summed E-state index contributed by atoms with van der Waals surface area (Å²) < 4.78 is 1.59. The van der Waals surface area contributed by atoms with Gasteiger partial charge in [-0.25, -0.2) is 9.67 Å². The first kappa shape index (κ1) is 18.7. The number of aromatic nitrogens is 2. The van der Waals surface area contributed by atoms with Gasteiger partial charge in [0.05, 0.1) is 17.1 Å². The Morgan fingerprint density at radius 1 is 1.03 bits per heavy atom. The maximum atomic E-state index is 12.6. The number of nitrogens with zero attached hydrogens (tertiary/aromatic N) is 3. The SMILES string of the molecule is NC=CC(=Nc1cccc2ccccc12)c1nn(-c2cccc(Cl)c2)ccc1=O. The van der Waals surface area contributed by atoms with Crippen molar-refractivity contribution in [3.8, 4) is 5.69 Å². The van der Waals surface area contributed by atoms with Gasteiger partial charge < -0.3 is 5.73 Å². The molecule has 6 heteroatoms. The molecular weight excluding hydrogens is 384 g/mol. The lowest BCUT2D eigenvalue weighted by Crippen LogP contribution is -2.20. The molecule has 3 aromatic carbocycles. The van der Waals surface area contributed by atoms with Crippen molar-refractivity contribution in [2.24, 2.45) is 10.7 Å². The second-order valence-corrected chi connectivity index (χ2v) is 6.74. The molecule has 0 aliphatic carbocycles. The predicted octanol–water partition coefficient (Wildman–Crippen LogP) is 4.63. The fourth-order valence-electron chi connectivity index (χ4n) is 3.04.